The van der Waals surface area contributed by atoms with E-state index < -0.39 is 5.97 Å². The zero-order valence-electron chi connectivity index (χ0n) is 9.15. The van der Waals surface area contributed by atoms with E-state index in [2.05, 4.69) is 6.58 Å². The Bertz CT molecular complexity index is 570. The third-order valence-electron chi connectivity index (χ3n) is 2.46. The number of ether oxygens (including phenoxy) is 1. The predicted molar refractivity (Wildman–Crippen MR) is 68.7 cm³/mol. The molecule has 3 heteroatoms. The molecule has 0 saturated carbocycles. The Hall–Kier alpha value is -1.80. The first-order valence-electron chi connectivity index (χ1n) is 5.16. The van der Waals surface area contributed by atoms with Crippen molar-refractivity contribution < 1.29 is 9.53 Å². The maximum Gasteiger partial charge on any atom is 0.349 e. The lowest BCUT2D eigenvalue weighted by atomic mass is 10.1. The van der Waals surface area contributed by atoms with Gasteiger partial charge >= 0.3 is 5.97 Å². The summed E-state index contributed by atoms with van der Waals surface area (Å²) < 4.78 is 5.03. The lowest BCUT2D eigenvalue weighted by Crippen LogP contribution is -2.03. The molecule has 2 nitrogen and oxygen atoms in total. The molecule has 2 rings (SSSR count). The number of carbonyl (C=O) groups excluding carboxylic acids is 1. The number of rotatable bonds is 3. The van der Waals surface area contributed by atoms with Crippen LogP contribution in [0.4, 0.5) is 0 Å². The monoisotopic (exact) mass is 246 g/mol. The Morgan fingerprint density at radius 3 is 2.65 bits per heavy atom. The molecule has 0 aliphatic carbocycles. The standard InChI is InChI=1S/C14H11ClO2/c1-10(15)14(16)17-9-12-7-4-6-11-5-2-3-8-13(11)12/h2-8H,1,9H2. The molecule has 0 fully saturated rings. The molecule has 0 N–H and O–H groups in total. The van der Waals surface area contributed by atoms with Crippen molar-refractivity contribution in [3.05, 3.63) is 59.6 Å². The molecular weight excluding hydrogens is 236 g/mol. The van der Waals surface area contributed by atoms with Gasteiger partial charge in [0.1, 0.15) is 11.6 Å². The summed E-state index contributed by atoms with van der Waals surface area (Å²) in [6, 6.07) is 13.8. The zero-order chi connectivity index (χ0) is 12.3. The summed E-state index contributed by atoms with van der Waals surface area (Å²) in [5.41, 5.74) is 0.953. The van der Waals surface area contributed by atoms with Gasteiger partial charge in [0.05, 0.1) is 0 Å². The molecule has 0 aliphatic heterocycles. The summed E-state index contributed by atoms with van der Waals surface area (Å²) in [6.07, 6.45) is 0. The fraction of sp³-hybridized carbons (Fsp3) is 0.0714. The van der Waals surface area contributed by atoms with Crippen LogP contribution in [0, 0.1) is 0 Å². The van der Waals surface area contributed by atoms with Gasteiger partial charge < -0.3 is 4.74 Å². The van der Waals surface area contributed by atoms with E-state index in [1.807, 2.05) is 42.5 Å². The molecule has 0 spiro atoms. The zero-order valence-corrected chi connectivity index (χ0v) is 9.91. The molecule has 0 atom stereocenters. The third kappa shape index (κ3) is 2.66. The van der Waals surface area contributed by atoms with E-state index in [9.17, 15) is 4.79 Å². The molecule has 0 amide bonds. The van der Waals surface area contributed by atoms with Gasteiger partial charge in [0.25, 0.3) is 0 Å². The minimum atomic E-state index is -0.584. The maximum atomic E-state index is 11.2. The molecule has 0 aromatic heterocycles. The van der Waals surface area contributed by atoms with E-state index in [4.69, 9.17) is 16.3 Å². The minimum Gasteiger partial charge on any atom is -0.457 e. The normalized spacial score (nSPS) is 10.2. The largest absolute Gasteiger partial charge is 0.457 e. The van der Waals surface area contributed by atoms with E-state index in [-0.39, 0.29) is 11.6 Å². The van der Waals surface area contributed by atoms with Crippen molar-refractivity contribution in [2.24, 2.45) is 0 Å². The highest BCUT2D eigenvalue weighted by Crippen LogP contribution is 2.19. The second kappa shape index (κ2) is 5.02. The van der Waals surface area contributed by atoms with E-state index in [0.717, 1.165) is 16.3 Å². The first-order valence-corrected chi connectivity index (χ1v) is 5.54. The summed E-state index contributed by atoms with van der Waals surface area (Å²) in [4.78, 5) is 11.2. The number of fused-ring (bicyclic) bond motifs is 1. The smallest absolute Gasteiger partial charge is 0.349 e. The van der Waals surface area contributed by atoms with Crippen LogP contribution in [0.3, 0.4) is 0 Å². The highest BCUT2D eigenvalue weighted by molar-refractivity contribution is 6.40. The summed E-state index contributed by atoms with van der Waals surface area (Å²) in [5.74, 6) is -0.584. The van der Waals surface area contributed by atoms with Gasteiger partial charge in [0.2, 0.25) is 0 Å². The Morgan fingerprint density at radius 1 is 1.18 bits per heavy atom. The summed E-state index contributed by atoms with van der Waals surface area (Å²) in [7, 11) is 0. The molecule has 17 heavy (non-hydrogen) atoms. The van der Waals surface area contributed by atoms with E-state index in [1.54, 1.807) is 0 Å². The first kappa shape index (κ1) is 11.7. The first-order chi connectivity index (χ1) is 8.18. The summed E-state index contributed by atoms with van der Waals surface area (Å²) in [6.45, 7) is 3.52. The van der Waals surface area contributed by atoms with E-state index >= 15 is 0 Å². The number of carbonyl (C=O) groups is 1. The van der Waals surface area contributed by atoms with Gasteiger partial charge in [-0.1, -0.05) is 60.6 Å². The molecule has 0 saturated heterocycles. The van der Waals surface area contributed by atoms with Crippen molar-refractivity contribution in [3.8, 4) is 0 Å². The molecule has 0 unspecified atom stereocenters. The van der Waals surface area contributed by atoms with Gasteiger partial charge in [0.15, 0.2) is 0 Å². The number of halogens is 1. The minimum absolute atomic E-state index is 0.106. The molecule has 0 bridgehead atoms. The Balaban J connectivity index is 2.24. The third-order valence-corrected chi connectivity index (χ3v) is 2.61. The quantitative estimate of drug-likeness (QED) is 0.611. The summed E-state index contributed by atoms with van der Waals surface area (Å²) in [5, 5.41) is 2.08. The fourth-order valence-electron chi connectivity index (χ4n) is 1.64. The Morgan fingerprint density at radius 2 is 1.88 bits per heavy atom. The van der Waals surface area contributed by atoms with Crippen molar-refractivity contribution >= 4 is 28.3 Å². The van der Waals surface area contributed by atoms with Crippen LogP contribution >= 0.6 is 11.6 Å². The highest BCUT2D eigenvalue weighted by Gasteiger charge is 2.07. The number of benzene rings is 2. The second-order valence-corrected chi connectivity index (χ2v) is 4.08. The molecule has 2 aromatic rings. The average Bonchev–Trinajstić information content (AvgIpc) is 2.35. The van der Waals surface area contributed by atoms with Crippen LogP contribution in [-0.4, -0.2) is 5.97 Å². The van der Waals surface area contributed by atoms with Gasteiger partial charge in [-0.2, -0.15) is 0 Å². The Kier molecular flexibility index (Phi) is 3.45. The van der Waals surface area contributed by atoms with Crippen LogP contribution in [-0.2, 0) is 16.1 Å². The molecular formula is C14H11ClO2. The van der Waals surface area contributed by atoms with E-state index in [1.165, 1.54) is 0 Å². The van der Waals surface area contributed by atoms with Crippen LogP contribution in [0.5, 0.6) is 0 Å². The van der Waals surface area contributed by atoms with Gasteiger partial charge in [-0.25, -0.2) is 4.79 Å². The van der Waals surface area contributed by atoms with Crippen LogP contribution < -0.4 is 0 Å². The molecule has 2 aromatic carbocycles. The van der Waals surface area contributed by atoms with Crippen LogP contribution in [0.1, 0.15) is 5.56 Å². The van der Waals surface area contributed by atoms with E-state index in [0.29, 0.717) is 0 Å². The van der Waals surface area contributed by atoms with Gasteiger partial charge in [-0.15, -0.1) is 0 Å². The van der Waals surface area contributed by atoms with Crippen LogP contribution in [0.2, 0.25) is 0 Å². The fourth-order valence-corrected chi connectivity index (χ4v) is 1.69. The van der Waals surface area contributed by atoms with Crippen LogP contribution in [0.25, 0.3) is 10.8 Å². The Labute approximate surface area is 104 Å². The van der Waals surface area contributed by atoms with Gasteiger partial charge in [0, 0.05) is 0 Å². The highest BCUT2D eigenvalue weighted by atomic mass is 35.5. The second-order valence-electron chi connectivity index (χ2n) is 3.62. The van der Waals surface area contributed by atoms with Crippen LogP contribution in [0.15, 0.2) is 54.1 Å². The number of hydrogen-bond donors (Lipinski definition) is 0. The number of esters is 1. The number of hydrogen-bond acceptors (Lipinski definition) is 2. The maximum absolute atomic E-state index is 11.2. The molecule has 0 aliphatic rings. The van der Waals surface area contributed by atoms with Crippen molar-refractivity contribution in [1.82, 2.24) is 0 Å². The predicted octanol–water partition coefficient (Wildman–Crippen LogP) is 3.64. The molecule has 0 radical (unpaired) electrons. The summed E-state index contributed by atoms with van der Waals surface area (Å²) >= 11 is 5.44. The van der Waals surface area contributed by atoms with Gasteiger partial charge in [-0.3, -0.25) is 0 Å². The van der Waals surface area contributed by atoms with Crippen molar-refractivity contribution in [2.45, 2.75) is 6.61 Å². The van der Waals surface area contributed by atoms with Gasteiger partial charge in [-0.05, 0) is 16.3 Å². The molecule has 86 valence electrons. The van der Waals surface area contributed by atoms with Crippen molar-refractivity contribution in [3.63, 3.8) is 0 Å². The topological polar surface area (TPSA) is 26.3 Å². The SMILES string of the molecule is C=C(Cl)C(=O)OCc1cccc2ccccc12. The van der Waals surface area contributed by atoms with Crippen molar-refractivity contribution in [2.75, 3.05) is 0 Å². The lowest BCUT2D eigenvalue weighted by Gasteiger charge is -2.07. The molecule has 0 heterocycles. The average molecular weight is 247 g/mol. The van der Waals surface area contributed by atoms with Crippen molar-refractivity contribution in [1.29, 1.82) is 0 Å². The lowest BCUT2D eigenvalue weighted by molar-refractivity contribution is -0.139.